The number of aromatic nitrogens is 1. The summed E-state index contributed by atoms with van der Waals surface area (Å²) in [5.74, 6) is 2.42. The highest BCUT2D eigenvalue weighted by molar-refractivity contribution is 6.12. The SMILES string of the molecule is COc1cc(N[C@@H](C(=O)c2c[nH]c3c4c(ccc23)OCC4)c2ccc(C)cc2OC)cc(OCCO)c1. The molecule has 0 bridgehead atoms. The van der Waals surface area contributed by atoms with Crippen LogP contribution in [0.25, 0.3) is 10.9 Å². The number of ether oxygens (including phenoxy) is 4. The van der Waals surface area contributed by atoms with E-state index in [2.05, 4.69) is 10.3 Å². The Labute approximate surface area is 215 Å². The first-order chi connectivity index (χ1) is 18.0. The van der Waals surface area contributed by atoms with Gasteiger partial charge in [-0.25, -0.2) is 0 Å². The van der Waals surface area contributed by atoms with Crippen LogP contribution in [0.5, 0.6) is 23.0 Å². The van der Waals surface area contributed by atoms with E-state index in [1.807, 2.05) is 37.3 Å². The Morgan fingerprint density at radius 3 is 2.73 bits per heavy atom. The maximum absolute atomic E-state index is 14.2. The minimum atomic E-state index is -0.767. The summed E-state index contributed by atoms with van der Waals surface area (Å²) in [6.07, 6.45) is 2.57. The van der Waals surface area contributed by atoms with Crippen LogP contribution >= 0.6 is 0 Å². The number of rotatable bonds is 10. The molecular formula is C29H30N2O6. The molecule has 3 N–H and O–H groups in total. The molecular weight excluding hydrogens is 472 g/mol. The van der Waals surface area contributed by atoms with E-state index in [0.717, 1.165) is 34.2 Å². The highest BCUT2D eigenvalue weighted by Gasteiger charge is 2.29. The number of carbonyl (C=O) groups is 1. The fourth-order valence-electron chi connectivity index (χ4n) is 4.77. The number of aryl methyl sites for hydroxylation is 1. The minimum Gasteiger partial charge on any atom is -0.497 e. The lowest BCUT2D eigenvalue weighted by molar-refractivity contribution is 0.0970. The van der Waals surface area contributed by atoms with Crippen molar-refractivity contribution in [2.75, 3.05) is 39.4 Å². The van der Waals surface area contributed by atoms with Gasteiger partial charge in [0.25, 0.3) is 0 Å². The average Bonchev–Trinajstić information content (AvgIpc) is 3.57. The Morgan fingerprint density at radius 1 is 1.11 bits per heavy atom. The molecule has 8 nitrogen and oxygen atoms in total. The van der Waals surface area contributed by atoms with E-state index >= 15 is 0 Å². The van der Waals surface area contributed by atoms with Gasteiger partial charge >= 0.3 is 0 Å². The zero-order valence-electron chi connectivity index (χ0n) is 21.1. The first-order valence-corrected chi connectivity index (χ1v) is 12.2. The van der Waals surface area contributed by atoms with E-state index in [1.165, 1.54) is 0 Å². The summed E-state index contributed by atoms with van der Waals surface area (Å²) in [6.45, 7) is 2.64. The lowest BCUT2D eigenvalue weighted by Crippen LogP contribution is -2.22. The topological polar surface area (TPSA) is 102 Å². The number of ketones is 1. The number of aromatic amines is 1. The third-order valence-electron chi connectivity index (χ3n) is 6.54. The standard InChI is InChI=1S/C29H30N2O6/c1-17-4-5-22(26(12-17)35-3)28(31-18-13-19(34-2)15-20(14-18)36-11-9-32)29(33)24-16-30-27-21(24)6-7-25-23(27)8-10-37-25/h4-7,12-16,28,30-32H,8-11H2,1-3H3/t28-/m1/s1. The fraction of sp³-hybridized carbons (Fsp3) is 0.276. The second-order valence-corrected chi connectivity index (χ2v) is 8.92. The van der Waals surface area contributed by atoms with Crippen LogP contribution in [0.15, 0.2) is 54.7 Å². The Kier molecular flexibility index (Phi) is 6.92. The van der Waals surface area contributed by atoms with Crippen molar-refractivity contribution in [3.8, 4) is 23.0 Å². The molecule has 2 heterocycles. The van der Waals surface area contributed by atoms with Gasteiger partial charge < -0.3 is 34.4 Å². The van der Waals surface area contributed by atoms with Crippen molar-refractivity contribution in [1.29, 1.82) is 0 Å². The number of aliphatic hydroxyl groups excluding tert-OH is 1. The molecule has 0 radical (unpaired) electrons. The Balaban J connectivity index is 1.59. The van der Waals surface area contributed by atoms with Gasteiger partial charge in [0.1, 0.15) is 35.6 Å². The number of fused-ring (bicyclic) bond motifs is 3. The van der Waals surface area contributed by atoms with Crippen LogP contribution in [0.3, 0.4) is 0 Å². The average molecular weight is 503 g/mol. The van der Waals surface area contributed by atoms with Crippen molar-refractivity contribution in [3.63, 3.8) is 0 Å². The maximum Gasteiger partial charge on any atom is 0.191 e. The van der Waals surface area contributed by atoms with Crippen LogP contribution in [0, 0.1) is 6.92 Å². The lowest BCUT2D eigenvalue weighted by atomic mass is 9.94. The van der Waals surface area contributed by atoms with Gasteiger partial charge in [-0.05, 0) is 30.7 Å². The third-order valence-corrected chi connectivity index (χ3v) is 6.54. The molecule has 0 spiro atoms. The van der Waals surface area contributed by atoms with Gasteiger partial charge in [-0.15, -0.1) is 0 Å². The predicted octanol–water partition coefficient (Wildman–Crippen LogP) is 4.84. The second kappa shape index (κ2) is 10.4. The number of carbonyl (C=O) groups excluding carboxylic acids is 1. The lowest BCUT2D eigenvalue weighted by Gasteiger charge is -2.22. The Bertz CT molecular complexity index is 1440. The highest BCUT2D eigenvalue weighted by Crippen LogP contribution is 2.38. The molecule has 1 aliphatic heterocycles. The smallest absolute Gasteiger partial charge is 0.191 e. The van der Waals surface area contributed by atoms with E-state index in [1.54, 1.807) is 38.6 Å². The van der Waals surface area contributed by atoms with Crippen LogP contribution < -0.4 is 24.3 Å². The molecule has 3 aromatic carbocycles. The van der Waals surface area contributed by atoms with Crippen molar-refractivity contribution in [1.82, 2.24) is 4.98 Å². The van der Waals surface area contributed by atoms with E-state index < -0.39 is 6.04 Å². The molecule has 0 unspecified atom stereocenters. The van der Waals surface area contributed by atoms with Gasteiger partial charge in [0, 0.05) is 58.6 Å². The number of anilines is 1. The molecule has 0 amide bonds. The molecule has 0 saturated carbocycles. The predicted molar refractivity (Wildman–Crippen MR) is 141 cm³/mol. The first kappa shape index (κ1) is 24.5. The molecule has 1 atom stereocenters. The van der Waals surface area contributed by atoms with Crippen molar-refractivity contribution in [3.05, 3.63) is 77.0 Å². The monoisotopic (exact) mass is 502 g/mol. The number of nitrogens with one attached hydrogen (secondary N) is 2. The van der Waals surface area contributed by atoms with Gasteiger partial charge in [-0.1, -0.05) is 12.1 Å². The van der Waals surface area contributed by atoms with Gasteiger partial charge in [0.15, 0.2) is 5.78 Å². The van der Waals surface area contributed by atoms with Crippen LogP contribution in [-0.2, 0) is 6.42 Å². The molecule has 37 heavy (non-hydrogen) atoms. The van der Waals surface area contributed by atoms with Crippen molar-refractivity contribution < 1.29 is 28.8 Å². The highest BCUT2D eigenvalue weighted by atomic mass is 16.5. The van der Waals surface area contributed by atoms with Crippen LogP contribution in [0.4, 0.5) is 5.69 Å². The maximum atomic E-state index is 14.2. The van der Waals surface area contributed by atoms with Crippen molar-refractivity contribution >= 4 is 22.4 Å². The molecule has 4 aromatic rings. The number of H-pyrrole nitrogens is 1. The minimum absolute atomic E-state index is 0.114. The van der Waals surface area contributed by atoms with Gasteiger partial charge in [0.05, 0.1) is 33.0 Å². The fourth-order valence-corrected chi connectivity index (χ4v) is 4.77. The number of hydrogen-bond donors (Lipinski definition) is 3. The van der Waals surface area contributed by atoms with Crippen LogP contribution in [-0.4, -0.2) is 49.9 Å². The zero-order chi connectivity index (χ0) is 25.9. The largest absolute Gasteiger partial charge is 0.497 e. The molecule has 1 aliphatic rings. The summed E-state index contributed by atoms with van der Waals surface area (Å²) in [4.78, 5) is 17.5. The normalized spacial score (nSPS) is 13.1. The molecule has 0 aliphatic carbocycles. The summed E-state index contributed by atoms with van der Waals surface area (Å²) in [6, 6.07) is 14.2. The van der Waals surface area contributed by atoms with Crippen molar-refractivity contribution in [2.24, 2.45) is 0 Å². The van der Waals surface area contributed by atoms with Gasteiger partial charge in [-0.2, -0.15) is 0 Å². The summed E-state index contributed by atoms with van der Waals surface area (Å²) in [5.41, 5.74) is 4.95. The zero-order valence-corrected chi connectivity index (χ0v) is 21.1. The molecule has 192 valence electrons. The summed E-state index contributed by atoms with van der Waals surface area (Å²) in [7, 11) is 3.16. The van der Waals surface area contributed by atoms with Gasteiger partial charge in [-0.3, -0.25) is 4.79 Å². The Morgan fingerprint density at radius 2 is 1.95 bits per heavy atom. The molecule has 5 rings (SSSR count). The van der Waals surface area contributed by atoms with Crippen LogP contribution in [0.2, 0.25) is 0 Å². The van der Waals surface area contributed by atoms with Crippen LogP contribution in [0.1, 0.15) is 33.1 Å². The molecule has 0 fully saturated rings. The number of benzene rings is 3. The number of Topliss-reactive ketones (excluding diaryl/α,β-unsaturated/α-hetero) is 1. The van der Waals surface area contributed by atoms with Crippen molar-refractivity contribution in [2.45, 2.75) is 19.4 Å². The molecule has 8 heteroatoms. The quantitative estimate of drug-likeness (QED) is 0.267. The van der Waals surface area contributed by atoms with E-state index in [9.17, 15) is 9.90 Å². The number of hydrogen-bond acceptors (Lipinski definition) is 7. The third kappa shape index (κ3) is 4.80. The second-order valence-electron chi connectivity index (χ2n) is 8.92. The first-order valence-electron chi connectivity index (χ1n) is 12.2. The summed E-state index contributed by atoms with van der Waals surface area (Å²) < 4.78 is 22.5. The molecule has 1 aromatic heterocycles. The van der Waals surface area contributed by atoms with E-state index in [-0.39, 0.29) is 19.0 Å². The summed E-state index contributed by atoms with van der Waals surface area (Å²) in [5, 5.41) is 13.4. The molecule has 0 saturated heterocycles. The van der Waals surface area contributed by atoms with Gasteiger partial charge in [0.2, 0.25) is 0 Å². The summed E-state index contributed by atoms with van der Waals surface area (Å²) >= 11 is 0. The Hall–Kier alpha value is -4.17. The van der Waals surface area contributed by atoms with E-state index in [0.29, 0.717) is 40.7 Å². The number of aliphatic hydroxyl groups is 1. The number of methoxy groups -OCH3 is 2. The van der Waals surface area contributed by atoms with E-state index in [4.69, 9.17) is 18.9 Å².